The highest BCUT2D eigenvalue weighted by atomic mass is 19.1. The number of ether oxygens (including phenoxy) is 2. The standard InChI is InChI=1S/C26H32FN7O2/c1-35-20-5-2-18(21(27)14-20)17-32-6-8-34(9-7-32)26-25(29-19-3-4-19)30-22-15-24(28-16-23(22)31-26)33-10-12-36-13-11-33/h2,5,14-16,19H,3-4,6-13,17H2,1H3,(H,29,30). The number of rotatable bonds is 7. The summed E-state index contributed by atoms with van der Waals surface area (Å²) in [5.41, 5.74) is 2.34. The van der Waals surface area contributed by atoms with Crippen molar-refractivity contribution in [3.8, 4) is 5.75 Å². The topological polar surface area (TPSA) is 78.9 Å². The Labute approximate surface area is 210 Å². The maximum atomic E-state index is 14.5. The number of fused-ring (bicyclic) bond motifs is 1. The SMILES string of the molecule is COc1ccc(CN2CCN(c3nc4cnc(N5CCOCC5)cc4nc3NC3CC3)CC2)c(F)c1. The molecule has 0 bridgehead atoms. The third-order valence-electron chi connectivity index (χ3n) is 7.10. The summed E-state index contributed by atoms with van der Waals surface area (Å²) in [7, 11) is 1.55. The fraction of sp³-hybridized carbons (Fsp3) is 0.500. The Morgan fingerprint density at radius 2 is 1.81 bits per heavy atom. The van der Waals surface area contributed by atoms with E-state index in [4.69, 9.17) is 19.4 Å². The molecule has 3 aliphatic rings. The van der Waals surface area contributed by atoms with Crippen LogP contribution in [-0.4, -0.2) is 85.5 Å². The number of methoxy groups -OCH3 is 1. The smallest absolute Gasteiger partial charge is 0.172 e. The molecule has 36 heavy (non-hydrogen) atoms. The number of hydrogen-bond acceptors (Lipinski definition) is 9. The van der Waals surface area contributed by atoms with Gasteiger partial charge in [-0.25, -0.2) is 19.3 Å². The summed E-state index contributed by atoms with van der Waals surface area (Å²) in [5.74, 6) is 2.96. The number of morpholine rings is 1. The molecule has 1 N–H and O–H groups in total. The number of anilines is 3. The second-order valence-electron chi connectivity index (χ2n) is 9.67. The molecule has 4 heterocycles. The molecular weight excluding hydrogens is 461 g/mol. The van der Waals surface area contributed by atoms with Crippen molar-refractivity contribution in [3.63, 3.8) is 0 Å². The summed E-state index contributed by atoms with van der Waals surface area (Å²) in [6, 6.07) is 7.58. The Morgan fingerprint density at radius 3 is 2.53 bits per heavy atom. The number of nitrogens with one attached hydrogen (secondary N) is 1. The van der Waals surface area contributed by atoms with Crippen LogP contribution in [0.25, 0.3) is 11.0 Å². The highest BCUT2D eigenvalue weighted by molar-refractivity contribution is 5.82. The van der Waals surface area contributed by atoms with Crippen LogP contribution in [-0.2, 0) is 11.3 Å². The highest BCUT2D eigenvalue weighted by Gasteiger charge is 2.27. The maximum absolute atomic E-state index is 14.5. The first-order valence-electron chi connectivity index (χ1n) is 12.7. The molecular formula is C26H32FN7O2. The lowest BCUT2D eigenvalue weighted by Crippen LogP contribution is -2.46. The van der Waals surface area contributed by atoms with Crippen LogP contribution in [0.15, 0.2) is 30.5 Å². The van der Waals surface area contributed by atoms with E-state index in [0.717, 1.165) is 93.8 Å². The molecule has 0 radical (unpaired) electrons. The molecule has 2 aromatic heterocycles. The van der Waals surface area contributed by atoms with Gasteiger partial charge in [0.05, 0.1) is 32.0 Å². The first-order chi connectivity index (χ1) is 17.7. The fourth-order valence-corrected chi connectivity index (χ4v) is 4.79. The van der Waals surface area contributed by atoms with E-state index in [1.54, 1.807) is 7.11 Å². The average Bonchev–Trinajstić information content (AvgIpc) is 3.74. The number of aromatic nitrogens is 3. The molecule has 0 spiro atoms. The van der Waals surface area contributed by atoms with Crippen LogP contribution >= 0.6 is 0 Å². The van der Waals surface area contributed by atoms with Crippen molar-refractivity contribution < 1.29 is 13.9 Å². The largest absolute Gasteiger partial charge is 0.497 e. The van der Waals surface area contributed by atoms with Gasteiger partial charge in [-0.1, -0.05) is 6.07 Å². The Morgan fingerprint density at radius 1 is 1.00 bits per heavy atom. The summed E-state index contributed by atoms with van der Waals surface area (Å²) < 4.78 is 25.1. The van der Waals surface area contributed by atoms with E-state index in [2.05, 4.69) is 25.0 Å². The summed E-state index contributed by atoms with van der Waals surface area (Å²) in [4.78, 5) is 21.5. The summed E-state index contributed by atoms with van der Waals surface area (Å²) in [5, 5.41) is 3.60. The summed E-state index contributed by atoms with van der Waals surface area (Å²) in [6.45, 7) is 6.93. The quantitative estimate of drug-likeness (QED) is 0.534. The number of benzene rings is 1. The van der Waals surface area contributed by atoms with E-state index in [1.807, 2.05) is 24.4 Å². The lowest BCUT2D eigenvalue weighted by molar-refractivity contribution is 0.122. The minimum atomic E-state index is -0.225. The van der Waals surface area contributed by atoms with Gasteiger partial charge in [0.25, 0.3) is 0 Å². The van der Waals surface area contributed by atoms with Gasteiger partial charge < -0.3 is 24.6 Å². The summed E-state index contributed by atoms with van der Waals surface area (Å²) >= 11 is 0. The zero-order chi connectivity index (χ0) is 24.5. The van der Waals surface area contributed by atoms with Gasteiger partial charge in [0.15, 0.2) is 11.6 Å². The molecule has 3 aromatic rings. The van der Waals surface area contributed by atoms with Gasteiger partial charge in [0.2, 0.25) is 0 Å². The van der Waals surface area contributed by atoms with Crippen molar-refractivity contribution in [2.75, 3.05) is 74.7 Å². The molecule has 2 saturated heterocycles. The van der Waals surface area contributed by atoms with Crippen LogP contribution in [0, 0.1) is 5.82 Å². The van der Waals surface area contributed by atoms with Crippen molar-refractivity contribution in [2.24, 2.45) is 0 Å². The van der Waals surface area contributed by atoms with Crippen LogP contribution in [0.4, 0.5) is 21.8 Å². The van der Waals surface area contributed by atoms with E-state index in [9.17, 15) is 4.39 Å². The molecule has 0 unspecified atom stereocenters. The molecule has 1 aliphatic carbocycles. The number of nitrogens with zero attached hydrogens (tertiary/aromatic N) is 6. The second kappa shape index (κ2) is 10.0. The number of hydrogen-bond donors (Lipinski definition) is 1. The van der Waals surface area contributed by atoms with E-state index < -0.39 is 0 Å². The molecule has 190 valence electrons. The third-order valence-corrected chi connectivity index (χ3v) is 7.10. The molecule has 1 aromatic carbocycles. The normalized spacial score (nSPS) is 19.1. The van der Waals surface area contributed by atoms with Gasteiger partial charge in [-0.3, -0.25) is 4.90 Å². The number of pyridine rings is 1. The molecule has 0 amide bonds. The van der Waals surface area contributed by atoms with Crippen LogP contribution in [0.3, 0.4) is 0 Å². The van der Waals surface area contributed by atoms with E-state index in [0.29, 0.717) is 23.9 Å². The van der Waals surface area contributed by atoms with Crippen LogP contribution in [0.5, 0.6) is 5.75 Å². The molecule has 3 fully saturated rings. The van der Waals surface area contributed by atoms with Gasteiger partial charge in [0.1, 0.15) is 22.9 Å². The average molecular weight is 494 g/mol. The first-order valence-corrected chi connectivity index (χ1v) is 12.7. The van der Waals surface area contributed by atoms with E-state index in [-0.39, 0.29) is 5.82 Å². The minimum absolute atomic E-state index is 0.225. The van der Waals surface area contributed by atoms with Crippen LogP contribution < -0.4 is 19.9 Å². The third kappa shape index (κ3) is 5.01. The lowest BCUT2D eigenvalue weighted by Gasteiger charge is -2.36. The van der Waals surface area contributed by atoms with Gasteiger partial charge in [-0.05, 0) is 18.9 Å². The Hall–Kier alpha value is -3.24. The maximum Gasteiger partial charge on any atom is 0.172 e. The predicted octanol–water partition coefficient (Wildman–Crippen LogP) is 2.91. The summed E-state index contributed by atoms with van der Waals surface area (Å²) in [6.07, 6.45) is 4.16. The first kappa shape index (κ1) is 23.2. The second-order valence-corrected chi connectivity index (χ2v) is 9.67. The van der Waals surface area contributed by atoms with Gasteiger partial charge in [-0.15, -0.1) is 0 Å². The van der Waals surface area contributed by atoms with Gasteiger partial charge in [0, 0.05) is 69.6 Å². The van der Waals surface area contributed by atoms with Crippen molar-refractivity contribution in [1.29, 1.82) is 0 Å². The van der Waals surface area contributed by atoms with E-state index >= 15 is 0 Å². The van der Waals surface area contributed by atoms with Crippen LogP contribution in [0.2, 0.25) is 0 Å². The van der Waals surface area contributed by atoms with Crippen molar-refractivity contribution >= 4 is 28.5 Å². The molecule has 10 heteroatoms. The van der Waals surface area contributed by atoms with E-state index in [1.165, 1.54) is 6.07 Å². The zero-order valence-corrected chi connectivity index (χ0v) is 20.6. The fourth-order valence-electron chi connectivity index (χ4n) is 4.79. The lowest BCUT2D eigenvalue weighted by atomic mass is 10.1. The van der Waals surface area contributed by atoms with Gasteiger partial charge in [-0.2, -0.15) is 0 Å². The predicted molar refractivity (Wildman–Crippen MR) is 137 cm³/mol. The molecule has 6 rings (SSSR count). The number of halogens is 1. The molecule has 9 nitrogen and oxygen atoms in total. The molecule has 0 atom stereocenters. The monoisotopic (exact) mass is 493 g/mol. The van der Waals surface area contributed by atoms with Crippen LogP contribution in [0.1, 0.15) is 18.4 Å². The Bertz CT molecular complexity index is 1220. The highest BCUT2D eigenvalue weighted by Crippen LogP contribution is 2.32. The molecule has 2 aliphatic heterocycles. The minimum Gasteiger partial charge on any atom is -0.497 e. The molecule has 1 saturated carbocycles. The van der Waals surface area contributed by atoms with Gasteiger partial charge >= 0.3 is 0 Å². The Kier molecular flexibility index (Phi) is 6.45. The van der Waals surface area contributed by atoms with Crippen molar-refractivity contribution in [3.05, 3.63) is 41.8 Å². The Balaban J connectivity index is 1.19. The van der Waals surface area contributed by atoms with Crippen molar-refractivity contribution in [1.82, 2.24) is 19.9 Å². The number of piperazine rings is 1. The zero-order valence-electron chi connectivity index (χ0n) is 20.6. The van der Waals surface area contributed by atoms with Crippen molar-refractivity contribution in [2.45, 2.75) is 25.4 Å².